The Hall–Kier alpha value is -4.13. The van der Waals surface area contributed by atoms with Crippen LogP contribution in [0.15, 0.2) is 71.8 Å². The minimum absolute atomic E-state index is 0.0525. The number of rotatable bonds is 6. The van der Waals surface area contributed by atoms with Gasteiger partial charge >= 0.3 is 0 Å². The first-order chi connectivity index (χ1) is 14.6. The van der Waals surface area contributed by atoms with Gasteiger partial charge in [-0.3, -0.25) is 9.89 Å². The Kier molecular flexibility index (Phi) is 5.43. The quantitative estimate of drug-likeness (QED) is 0.335. The summed E-state index contributed by atoms with van der Waals surface area (Å²) in [7, 11) is 0. The summed E-state index contributed by atoms with van der Waals surface area (Å²) in [5.74, 6) is 0.00712. The van der Waals surface area contributed by atoms with E-state index in [-0.39, 0.29) is 5.75 Å². The first-order valence-electron chi connectivity index (χ1n) is 9.48. The van der Waals surface area contributed by atoms with Crippen LogP contribution in [0.2, 0.25) is 0 Å². The van der Waals surface area contributed by atoms with Crippen molar-refractivity contribution < 1.29 is 14.6 Å². The van der Waals surface area contributed by atoms with Crippen molar-refractivity contribution in [2.45, 2.75) is 6.92 Å². The third-order valence-corrected chi connectivity index (χ3v) is 4.53. The average Bonchev–Trinajstić information content (AvgIpc) is 3.26. The molecule has 150 valence electrons. The molecule has 0 aliphatic carbocycles. The lowest BCUT2D eigenvalue weighted by Crippen LogP contribution is -2.18. The number of benzene rings is 3. The molecule has 7 heteroatoms. The lowest BCUT2D eigenvalue weighted by Gasteiger charge is -2.05. The van der Waals surface area contributed by atoms with Crippen LogP contribution in [0, 0.1) is 0 Å². The van der Waals surface area contributed by atoms with Crippen molar-refractivity contribution in [2.24, 2.45) is 5.10 Å². The molecule has 3 N–H and O–H groups in total. The molecule has 0 unspecified atom stereocenters. The van der Waals surface area contributed by atoms with Crippen LogP contribution in [0.4, 0.5) is 0 Å². The Morgan fingerprint density at radius 3 is 2.80 bits per heavy atom. The number of fused-ring (bicyclic) bond motifs is 1. The highest BCUT2D eigenvalue weighted by molar-refractivity contribution is 5.94. The number of ether oxygens (including phenoxy) is 1. The maximum atomic E-state index is 12.4. The fraction of sp³-hybridized carbons (Fsp3) is 0.0870. The van der Waals surface area contributed by atoms with E-state index in [4.69, 9.17) is 4.74 Å². The van der Waals surface area contributed by atoms with Crippen molar-refractivity contribution in [3.8, 4) is 22.8 Å². The molecule has 0 atom stereocenters. The standard InChI is InChI=1S/C23H20N4O3/c1-2-30-22-11-15(7-10-21(22)28)14-24-27-23(29)20-13-19(25-26-20)18-9-8-16-5-3-4-6-17(16)12-18/h3-14,28H,2H2,1H3,(H,25,26)(H,27,29). The van der Waals surface area contributed by atoms with Gasteiger partial charge in [-0.2, -0.15) is 10.2 Å². The molecule has 1 amide bonds. The largest absolute Gasteiger partial charge is 0.504 e. The molecule has 0 saturated heterocycles. The second-order valence-corrected chi connectivity index (χ2v) is 6.59. The molecule has 0 aliphatic heterocycles. The molecular formula is C23H20N4O3. The van der Waals surface area contributed by atoms with Crippen molar-refractivity contribution in [3.63, 3.8) is 0 Å². The highest BCUT2D eigenvalue weighted by Crippen LogP contribution is 2.26. The van der Waals surface area contributed by atoms with Crippen molar-refractivity contribution in [2.75, 3.05) is 6.61 Å². The molecule has 0 fully saturated rings. The number of amides is 1. The van der Waals surface area contributed by atoms with Gasteiger partial charge in [0.15, 0.2) is 11.5 Å². The number of aromatic nitrogens is 2. The number of hydrogen-bond acceptors (Lipinski definition) is 5. The SMILES string of the molecule is CCOc1cc(C=NNC(=O)c2cc(-c3ccc4ccccc4c3)n[nH]2)ccc1O. The maximum absolute atomic E-state index is 12.4. The smallest absolute Gasteiger partial charge is 0.289 e. The molecule has 0 radical (unpaired) electrons. The molecule has 7 nitrogen and oxygen atoms in total. The Morgan fingerprint density at radius 1 is 1.13 bits per heavy atom. The lowest BCUT2D eigenvalue weighted by molar-refractivity contribution is 0.0950. The Bertz CT molecular complexity index is 1230. The van der Waals surface area contributed by atoms with Crippen LogP contribution in [0.5, 0.6) is 11.5 Å². The van der Waals surface area contributed by atoms with Gasteiger partial charge in [0.05, 0.1) is 18.5 Å². The number of aromatic amines is 1. The fourth-order valence-electron chi connectivity index (χ4n) is 3.04. The molecule has 4 rings (SSSR count). The van der Waals surface area contributed by atoms with Gasteiger partial charge in [0.1, 0.15) is 5.69 Å². The summed E-state index contributed by atoms with van der Waals surface area (Å²) < 4.78 is 5.33. The summed E-state index contributed by atoms with van der Waals surface area (Å²) in [6.07, 6.45) is 1.47. The van der Waals surface area contributed by atoms with E-state index in [2.05, 4.69) is 20.7 Å². The van der Waals surface area contributed by atoms with E-state index in [1.54, 1.807) is 18.2 Å². The first-order valence-corrected chi connectivity index (χ1v) is 9.48. The van der Waals surface area contributed by atoms with E-state index in [1.165, 1.54) is 12.3 Å². The average molecular weight is 400 g/mol. The van der Waals surface area contributed by atoms with Crippen LogP contribution in [0.25, 0.3) is 22.0 Å². The van der Waals surface area contributed by atoms with Crippen molar-refractivity contribution in [1.29, 1.82) is 0 Å². The number of phenols is 1. The van der Waals surface area contributed by atoms with Crippen LogP contribution in [0.3, 0.4) is 0 Å². The maximum Gasteiger partial charge on any atom is 0.289 e. The second-order valence-electron chi connectivity index (χ2n) is 6.59. The predicted octanol–water partition coefficient (Wildman–Crippen LogP) is 4.10. The van der Waals surface area contributed by atoms with E-state index in [1.807, 2.05) is 49.4 Å². The third-order valence-electron chi connectivity index (χ3n) is 4.53. The minimum Gasteiger partial charge on any atom is -0.504 e. The van der Waals surface area contributed by atoms with Gasteiger partial charge in [0.2, 0.25) is 0 Å². The lowest BCUT2D eigenvalue weighted by atomic mass is 10.1. The van der Waals surface area contributed by atoms with Crippen LogP contribution in [0.1, 0.15) is 23.0 Å². The van der Waals surface area contributed by atoms with Gasteiger partial charge in [0.25, 0.3) is 5.91 Å². The van der Waals surface area contributed by atoms with Crippen molar-refractivity contribution in [1.82, 2.24) is 15.6 Å². The second kappa shape index (κ2) is 8.48. The number of nitrogens with one attached hydrogen (secondary N) is 2. The zero-order valence-electron chi connectivity index (χ0n) is 16.3. The first kappa shape index (κ1) is 19.2. The van der Waals surface area contributed by atoms with Crippen molar-refractivity contribution >= 4 is 22.9 Å². The van der Waals surface area contributed by atoms with Gasteiger partial charge in [-0.15, -0.1) is 0 Å². The summed E-state index contributed by atoms with van der Waals surface area (Å²) in [6.45, 7) is 2.27. The molecule has 0 saturated carbocycles. The van der Waals surface area contributed by atoms with Crippen LogP contribution < -0.4 is 10.2 Å². The third kappa shape index (κ3) is 4.15. The number of H-pyrrole nitrogens is 1. The van der Waals surface area contributed by atoms with Gasteiger partial charge in [-0.1, -0.05) is 36.4 Å². The van der Waals surface area contributed by atoms with E-state index in [0.29, 0.717) is 29.3 Å². The Morgan fingerprint density at radius 2 is 1.97 bits per heavy atom. The molecule has 3 aromatic carbocycles. The summed E-state index contributed by atoms with van der Waals surface area (Å²) in [4.78, 5) is 12.4. The molecular weight excluding hydrogens is 380 g/mol. The Balaban J connectivity index is 1.45. The molecule has 4 aromatic rings. The van der Waals surface area contributed by atoms with Gasteiger partial charge in [0, 0.05) is 5.56 Å². The minimum atomic E-state index is -0.408. The van der Waals surface area contributed by atoms with Crippen molar-refractivity contribution in [3.05, 3.63) is 78.0 Å². The summed E-state index contributed by atoms with van der Waals surface area (Å²) in [5.41, 5.74) is 5.04. The molecule has 0 spiro atoms. The topological polar surface area (TPSA) is 99.6 Å². The van der Waals surface area contributed by atoms with Gasteiger partial charge in [-0.25, -0.2) is 5.43 Å². The van der Waals surface area contributed by atoms with E-state index in [9.17, 15) is 9.90 Å². The van der Waals surface area contributed by atoms with E-state index >= 15 is 0 Å². The Labute approximate surface area is 173 Å². The summed E-state index contributed by atoms with van der Waals surface area (Å²) in [6, 6.07) is 20.6. The number of carbonyl (C=O) groups excluding carboxylic acids is 1. The van der Waals surface area contributed by atoms with Crippen LogP contribution in [-0.4, -0.2) is 34.0 Å². The molecule has 1 aromatic heterocycles. The normalized spacial score (nSPS) is 11.1. The van der Waals surface area contributed by atoms with Gasteiger partial charge in [-0.05, 0) is 53.6 Å². The van der Waals surface area contributed by atoms with E-state index < -0.39 is 5.91 Å². The zero-order valence-corrected chi connectivity index (χ0v) is 16.3. The number of hydrazone groups is 1. The molecule has 0 bridgehead atoms. The predicted molar refractivity (Wildman–Crippen MR) is 116 cm³/mol. The number of hydrogen-bond donors (Lipinski definition) is 3. The number of nitrogens with zero attached hydrogens (tertiary/aromatic N) is 2. The monoisotopic (exact) mass is 400 g/mol. The molecule has 30 heavy (non-hydrogen) atoms. The summed E-state index contributed by atoms with van der Waals surface area (Å²) >= 11 is 0. The van der Waals surface area contributed by atoms with Crippen LogP contribution >= 0.6 is 0 Å². The highest BCUT2D eigenvalue weighted by Gasteiger charge is 2.11. The van der Waals surface area contributed by atoms with Gasteiger partial charge < -0.3 is 9.84 Å². The van der Waals surface area contributed by atoms with Crippen LogP contribution in [-0.2, 0) is 0 Å². The summed E-state index contributed by atoms with van der Waals surface area (Å²) in [5, 5.41) is 22.9. The van der Waals surface area contributed by atoms with E-state index in [0.717, 1.165) is 16.3 Å². The number of carbonyl (C=O) groups is 1. The zero-order chi connectivity index (χ0) is 20.9. The highest BCUT2D eigenvalue weighted by atomic mass is 16.5. The molecule has 0 aliphatic rings. The number of phenolic OH excluding ortho intramolecular Hbond substituents is 1. The fourth-order valence-corrected chi connectivity index (χ4v) is 3.04. The molecule has 1 heterocycles. The number of aromatic hydroxyl groups is 1.